The zero-order chi connectivity index (χ0) is 14.8. The summed E-state index contributed by atoms with van der Waals surface area (Å²) >= 11 is 12.9. The average Bonchev–Trinajstić information content (AvgIpc) is 2.47. The second kappa shape index (κ2) is 5.93. The summed E-state index contributed by atoms with van der Waals surface area (Å²) in [4.78, 5) is 12.6. The molecule has 0 unspecified atom stereocenters. The van der Waals surface area contributed by atoms with E-state index >= 15 is 0 Å². The topological polar surface area (TPSA) is 42.9 Å². The molecular weight excluding hydrogens is 327 g/mol. The van der Waals surface area contributed by atoms with Gasteiger partial charge < -0.3 is 0 Å². The summed E-state index contributed by atoms with van der Waals surface area (Å²) in [6.45, 7) is 0. The first kappa shape index (κ1) is 14.2. The molecule has 0 aliphatic rings. The minimum atomic E-state index is -0.238. The molecule has 3 rings (SSSR count). The number of halogens is 2. The Morgan fingerprint density at radius 3 is 1.71 bits per heavy atom. The van der Waals surface area contributed by atoms with Crippen LogP contribution in [0, 0.1) is 0 Å². The SMILES string of the molecule is O=c1c(-c2cccc(Cl)c2)nsnc1-c1cccc(Cl)c1. The van der Waals surface area contributed by atoms with Gasteiger partial charge in [0.2, 0.25) is 5.43 Å². The van der Waals surface area contributed by atoms with Crippen molar-refractivity contribution in [2.75, 3.05) is 0 Å². The quantitative estimate of drug-likeness (QED) is 0.690. The Morgan fingerprint density at radius 2 is 1.29 bits per heavy atom. The fourth-order valence-corrected chi connectivity index (χ4v) is 2.90. The maximum absolute atomic E-state index is 12.6. The Hall–Kier alpha value is -1.75. The van der Waals surface area contributed by atoms with E-state index in [1.165, 1.54) is 0 Å². The predicted molar refractivity (Wildman–Crippen MR) is 87.1 cm³/mol. The van der Waals surface area contributed by atoms with E-state index in [2.05, 4.69) is 8.75 Å². The van der Waals surface area contributed by atoms with Gasteiger partial charge in [0.05, 0.1) is 11.7 Å². The van der Waals surface area contributed by atoms with Crippen molar-refractivity contribution in [1.82, 2.24) is 8.75 Å². The summed E-state index contributed by atoms with van der Waals surface area (Å²) in [5, 5.41) is 1.11. The fraction of sp³-hybridized carbons (Fsp3) is 0. The van der Waals surface area contributed by atoms with Crippen molar-refractivity contribution in [3.8, 4) is 22.5 Å². The summed E-state index contributed by atoms with van der Waals surface area (Å²) in [7, 11) is 0. The van der Waals surface area contributed by atoms with Crippen molar-refractivity contribution in [2.24, 2.45) is 0 Å². The molecule has 1 aromatic heterocycles. The van der Waals surface area contributed by atoms with Crippen LogP contribution < -0.4 is 5.43 Å². The summed E-state index contributed by atoms with van der Waals surface area (Å²) < 4.78 is 8.25. The van der Waals surface area contributed by atoms with E-state index < -0.39 is 0 Å². The molecule has 0 saturated heterocycles. The Labute approximate surface area is 135 Å². The molecule has 3 aromatic rings. The minimum absolute atomic E-state index is 0.238. The van der Waals surface area contributed by atoms with E-state index in [0.29, 0.717) is 32.6 Å². The molecule has 0 spiro atoms. The molecule has 0 aliphatic carbocycles. The van der Waals surface area contributed by atoms with E-state index in [0.717, 1.165) is 11.7 Å². The Morgan fingerprint density at radius 1 is 0.810 bits per heavy atom. The van der Waals surface area contributed by atoms with Crippen LogP contribution >= 0.6 is 34.9 Å². The molecule has 1 heterocycles. The van der Waals surface area contributed by atoms with Gasteiger partial charge in [0, 0.05) is 21.2 Å². The molecule has 21 heavy (non-hydrogen) atoms. The van der Waals surface area contributed by atoms with Crippen LogP contribution in [0.2, 0.25) is 10.0 Å². The van der Waals surface area contributed by atoms with Gasteiger partial charge in [-0.3, -0.25) is 4.79 Å². The van der Waals surface area contributed by atoms with Gasteiger partial charge in [-0.1, -0.05) is 47.5 Å². The Balaban J connectivity index is 2.18. The van der Waals surface area contributed by atoms with Crippen molar-refractivity contribution >= 4 is 34.9 Å². The number of benzene rings is 2. The maximum Gasteiger partial charge on any atom is 0.233 e. The minimum Gasteiger partial charge on any atom is -0.285 e. The van der Waals surface area contributed by atoms with Gasteiger partial charge in [-0.15, -0.1) is 0 Å². The zero-order valence-corrected chi connectivity index (χ0v) is 12.9. The van der Waals surface area contributed by atoms with E-state index in [4.69, 9.17) is 23.2 Å². The average molecular weight is 335 g/mol. The summed E-state index contributed by atoms with van der Waals surface area (Å²) in [5.74, 6) is 0. The van der Waals surface area contributed by atoms with Crippen LogP contribution in [0.25, 0.3) is 22.5 Å². The van der Waals surface area contributed by atoms with Gasteiger partial charge in [-0.05, 0) is 24.3 Å². The second-order valence-corrected chi connectivity index (χ2v) is 5.71. The predicted octanol–water partition coefficient (Wildman–Crippen LogP) is 4.54. The van der Waals surface area contributed by atoms with Crippen LogP contribution in [0.15, 0.2) is 53.3 Å². The largest absolute Gasteiger partial charge is 0.285 e. The summed E-state index contributed by atoms with van der Waals surface area (Å²) in [6, 6.07) is 14.1. The molecule has 0 amide bonds. The first-order chi connectivity index (χ1) is 10.1. The first-order valence-electron chi connectivity index (χ1n) is 6.04. The van der Waals surface area contributed by atoms with Crippen molar-refractivity contribution < 1.29 is 0 Å². The van der Waals surface area contributed by atoms with Crippen molar-refractivity contribution in [1.29, 1.82) is 0 Å². The van der Waals surface area contributed by atoms with Gasteiger partial charge in [0.25, 0.3) is 0 Å². The lowest BCUT2D eigenvalue weighted by atomic mass is 10.1. The molecule has 104 valence electrons. The van der Waals surface area contributed by atoms with E-state index in [1.807, 2.05) is 0 Å². The number of rotatable bonds is 2. The van der Waals surface area contributed by atoms with Gasteiger partial charge in [0.1, 0.15) is 11.4 Å². The van der Waals surface area contributed by atoms with Crippen molar-refractivity contribution in [2.45, 2.75) is 0 Å². The van der Waals surface area contributed by atoms with Gasteiger partial charge in [-0.25, -0.2) is 0 Å². The molecule has 6 heteroatoms. The van der Waals surface area contributed by atoms with Gasteiger partial charge in [0.15, 0.2) is 0 Å². The lowest BCUT2D eigenvalue weighted by Crippen LogP contribution is -2.10. The third kappa shape index (κ3) is 2.97. The van der Waals surface area contributed by atoms with E-state index in [9.17, 15) is 4.79 Å². The number of hydrogen-bond donors (Lipinski definition) is 0. The second-order valence-electron chi connectivity index (χ2n) is 4.31. The Bertz CT molecular complexity index is 797. The molecule has 0 atom stereocenters. The molecule has 0 saturated carbocycles. The molecule has 2 aromatic carbocycles. The highest BCUT2D eigenvalue weighted by Gasteiger charge is 2.13. The molecule has 0 aliphatic heterocycles. The van der Waals surface area contributed by atoms with E-state index in [1.54, 1.807) is 48.5 Å². The maximum atomic E-state index is 12.6. The molecular formula is C15H8Cl2N2OS. The van der Waals surface area contributed by atoms with Crippen LogP contribution in [0.3, 0.4) is 0 Å². The molecule has 3 nitrogen and oxygen atoms in total. The molecule has 0 bridgehead atoms. The van der Waals surface area contributed by atoms with E-state index in [-0.39, 0.29) is 5.43 Å². The number of aromatic nitrogens is 2. The van der Waals surface area contributed by atoms with Crippen LogP contribution in [-0.4, -0.2) is 8.75 Å². The summed E-state index contributed by atoms with van der Waals surface area (Å²) in [5.41, 5.74) is 1.79. The third-order valence-electron chi connectivity index (χ3n) is 2.89. The highest BCUT2D eigenvalue weighted by atomic mass is 35.5. The molecule has 0 N–H and O–H groups in total. The van der Waals surface area contributed by atoms with Crippen LogP contribution in [0.1, 0.15) is 0 Å². The number of hydrogen-bond acceptors (Lipinski definition) is 4. The highest BCUT2D eigenvalue weighted by molar-refractivity contribution is 6.99. The monoisotopic (exact) mass is 334 g/mol. The normalized spacial score (nSPS) is 10.6. The van der Waals surface area contributed by atoms with Crippen molar-refractivity contribution in [3.63, 3.8) is 0 Å². The van der Waals surface area contributed by atoms with Gasteiger partial charge >= 0.3 is 0 Å². The lowest BCUT2D eigenvalue weighted by molar-refractivity contribution is 1.34. The fourth-order valence-electron chi connectivity index (χ4n) is 1.94. The first-order valence-corrected chi connectivity index (χ1v) is 7.52. The molecule has 0 fully saturated rings. The molecule has 0 radical (unpaired) electrons. The van der Waals surface area contributed by atoms with Crippen molar-refractivity contribution in [3.05, 3.63) is 68.8 Å². The zero-order valence-electron chi connectivity index (χ0n) is 10.6. The smallest absolute Gasteiger partial charge is 0.233 e. The standard InChI is InChI=1S/C15H8Cl2N2OS/c16-11-5-1-3-9(7-11)13-15(20)14(19-21-18-13)10-4-2-6-12(17)8-10/h1-8H. The lowest BCUT2D eigenvalue weighted by Gasteiger charge is -2.03. The Kier molecular flexibility index (Phi) is 4.01. The van der Waals surface area contributed by atoms with Crippen LogP contribution in [0.4, 0.5) is 0 Å². The number of nitrogens with zero attached hydrogens (tertiary/aromatic N) is 2. The van der Waals surface area contributed by atoms with Crippen LogP contribution in [-0.2, 0) is 0 Å². The van der Waals surface area contributed by atoms with Crippen LogP contribution in [0.5, 0.6) is 0 Å². The summed E-state index contributed by atoms with van der Waals surface area (Å²) in [6.07, 6.45) is 0. The van der Waals surface area contributed by atoms with Gasteiger partial charge in [-0.2, -0.15) is 8.75 Å². The third-order valence-corrected chi connectivity index (χ3v) is 3.89. The highest BCUT2D eigenvalue weighted by Crippen LogP contribution is 2.23.